The van der Waals surface area contributed by atoms with Crippen molar-refractivity contribution in [3.8, 4) is 0 Å². The highest BCUT2D eigenvalue weighted by Crippen LogP contribution is 2.40. The van der Waals surface area contributed by atoms with Gasteiger partial charge in [0.1, 0.15) is 0 Å². The molecule has 14 heavy (non-hydrogen) atoms. The average Bonchev–Trinajstić information content (AvgIpc) is 1.77. The molecule has 0 saturated heterocycles. The fourth-order valence-electron chi connectivity index (χ4n) is 2.20. The monoisotopic (exact) mass is 200 g/mol. The fourth-order valence-corrected chi connectivity index (χ4v) is 2.20. The van der Waals surface area contributed by atoms with Crippen LogP contribution in [0.15, 0.2) is 0 Å². The van der Waals surface area contributed by atoms with E-state index in [2.05, 4.69) is 55.4 Å². The third-order valence-corrected chi connectivity index (χ3v) is 2.75. The number of hydrogen-bond donors (Lipinski definition) is 0. The van der Waals surface area contributed by atoms with E-state index in [9.17, 15) is 0 Å². The first-order chi connectivity index (χ1) is 5.54. The van der Waals surface area contributed by atoms with Crippen molar-refractivity contribution in [3.63, 3.8) is 0 Å². The first-order valence-electron chi connectivity index (χ1n) is 5.54. The summed E-state index contributed by atoms with van der Waals surface area (Å²) in [6.45, 7) is 18.8. The van der Waals surface area contributed by atoms with Crippen LogP contribution in [0.25, 0.3) is 0 Å². The van der Waals surface area contributed by atoms with Crippen LogP contribution in [0.1, 0.15) is 69.2 Å². The van der Waals surface area contributed by atoms with Gasteiger partial charge in [-0.3, -0.25) is 0 Å². The quantitative estimate of drug-likeness (QED) is 0.561. The van der Waals surface area contributed by atoms with Gasteiger partial charge in [-0.25, -0.2) is 0 Å². The molecule has 0 saturated carbocycles. The van der Waals surface area contributed by atoms with E-state index < -0.39 is 0 Å². The molecule has 0 aromatic carbocycles. The smallest absolute Gasteiger partial charge is 0.0337 e. The van der Waals surface area contributed by atoms with Crippen molar-refractivity contribution in [2.45, 2.75) is 69.2 Å². The van der Waals surface area contributed by atoms with Crippen molar-refractivity contribution in [1.82, 2.24) is 0 Å². The predicted octanol–water partition coefficient (Wildman–Crippen LogP) is 5.38. The van der Waals surface area contributed by atoms with Crippen molar-refractivity contribution in [1.29, 1.82) is 0 Å². The Bertz CT molecular complexity index is 140. The SMILES string of the molecule is C.CC(C)C(CC(C)(C)C)C(C)(C)C. The molecule has 0 aromatic heterocycles. The van der Waals surface area contributed by atoms with E-state index in [0.717, 1.165) is 11.8 Å². The van der Waals surface area contributed by atoms with Gasteiger partial charge in [0.15, 0.2) is 0 Å². The molecule has 0 heteroatoms. The van der Waals surface area contributed by atoms with Gasteiger partial charge >= 0.3 is 0 Å². The zero-order chi connectivity index (χ0) is 10.9. The van der Waals surface area contributed by atoms with Crippen LogP contribution in [-0.4, -0.2) is 0 Å². The Kier molecular flexibility index (Phi) is 6.09. The molecular weight excluding hydrogens is 168 g/mol. The van der Waals surface area contributed by atoms with Crippen molar-refractivity contribution in [2.75, 3.05) is 0 Å². The summed E-state index contributed by atoms with van der Waals surface area (Å²) in [6, 6.07) is 0. The van der Waals surface area contributed by atoms with Crippen molar-refractivity contribution >= 4 is 0 Å². The molecule has 0 aromatic rings. The van der Waals surface area contributed by atoms with Crippen LogP contribution in [0.4, 0.5) is 0 Å². The molecule has 0 amide bonds. The molecular formula is C14H32. The van der Waals surface area contributed by atoms with Crippen LogP contribution >= 0.6 is 0 Å². The summed E-state index contributed by atoms with van der Waals surface area (Å²) >= 11 is 0. The van der Waals surface area contributed by atoms with E-state index in [1.54, 1.807) is 0 Å². The Morgan fingerprint density at radius 2 is 1.21 bits per heavy atom. The third kappa shape index (κ3) is 6.45. The highest BCUT2D eigenvalue weighted by atomic mass is 14.4. The largest absolute Gasteiger partial charge is 0.0776 e. The van der Waals surface area contributed by atoms with Crippen LogP contribution in [0.2, 0.25) is 0 Å². The molecule has 0 radical (unpaired) electrons. The van der Waals surface area contributed by atoms with Crippen molar-refractivity contribution in [2.24, 2.45) is 22.7 Å². The van der Waals surface area contributed by atoms with Gasteiger partial charge in [0.25, 0.3) is 0 Å². The zero-order valence-electron chi connectivity index (χ0n) is 10.9. The summed E-state index contributed by atoms with van der Waals surface area (Å²) in [5.41, 5.74) is 0.906. The summed E-state index contributed by atoms with van der Waals surface area (Å²) in [6.07, 6.45) is 1.33. The zero-order valence-corrected chi connectivity index (χ0v) is 10.9. The van der Waals surface area contributed by atoms with Crippen LogP contribution in [-0.2, 0) is 0 Å². The van der Waals surface area contributed by atoms with Gasteiger partial charge in [-0.05, 0) is 29.1 Å². The highest BCUT2D eigenvalue weighted by Gasteiger charge is 2.30. The topological polar surface area (TPSA) is 0 Å². The molecule has 0 aliphatic rings. The maximum Gasteiger partial charge on any atom is -0.0337 e. The standard InChI is InChI=1S/C13H28.CH4/c1-10(2)11(13(6,7)8)9-12(3,4)5;/h10-11H,9H2,1-8H3;1H4. The molecule has 88 valence electrons. The molecule has 0 nitrogen and oxygen atoms in total. The normalized spacial score (nSPS) is 15.2. The number of hydrogen-bond acceptors (Lipinski definition) is 0. The number of rotatable bonds is 2. The van der Waals surface area contributed by atoms with Crippen molar-refractivity contribution < 1.29 is 0 Å². The minimum Gasteiger partial charge on any atom is -0.0776 e. The van der Waals surface area contributed by atoms with E-state index in [0.29, 0.717) is 10.8 Å². The van der Waals surface area contributed by atoms with E-state index >= 15 is 0 Å². The highest BCUT2D eigenvalue weighted by molar-refractivity contribution is 4.80. The van der Waals surface area contributed by atoms with Gasteiger partial charge in [0, 0.05) is 0 Å². The Morgan fingerprint density at radius 1 is 0.857 bits per heavy atom. The molecule has 1 atom stereocenters. The second-order valence-corrected chi connectivity index (χ2v) is 6.98. The van der Waals surface area contributed by atoms with Gasteiger partial charge in [0.05, 0.1) is 0 Å². The minimum absolute atomic E-state index is 0. The van der Waals surface area contributed by atoms with Crippen molar-refractivity contribution in [3.05, 3.63) is 0 Å². The average molecular weight is 200 g/mol. The first kappa shape index (κ1) is 16.4. The van der Waals surface area contributed by atoms with Crippen LogP contribution in [0.5, 0.6) is 0 Å². The summed E-state index contributed by atoms with van der Waals surface area (Å²) in [5, 5.41) is 0. The molecule has 0 fully saturated rings. The van der Waals surface area contributed by atoms with Gasteiger partial charge in [-0.15, -0.1) is 0 Å². The Labute approximate surface area is 92.5 Å². The van der Waals surface area contributed by atoms with Gasteiger partial charge in [0.2, 0.25) is 0 Å². The molecule has 0 aliphatic heterocycles. The molecule has 0 aliphatic carbocycles. The minimum atomic E-state index is 0. The molecule has 1 unspecified atom stereocenters. The lowest BCUT2D eigenvalue weighted by Crippen LogP contribution is -2.29. The fraction of sp³-hybridized carbons (Fsp3) is 1.00. The van der Waals surface area contributed by atoms with E-state index in [-0.39, 0.29) is 7.43 Å². The van der Waals surface area contributed by atoms with Crippen LogP contribution < -0.4 is 0 Å². The van der Waals surface area contributed by atoms with E-state index in [4.69, 9.17) is 0 Å². The van der Waals surface area contributed by atoms with E-state index in [1.807, 2.05) is 0 Å². The maximum absolute atomic E-state index is 2.36. The molecule has 0 heterocycles. The molecule has 0 bridgehead atoms. The van der Waals surface area contributed by atoms with Crippen LogP contribution in [0.3, 0.4) is 0 Å². The maximum atomic E-state index is 2.36. The second kappa shape index (κ2) is 5.19. The third-order valence-electron chi connectivity index (χ3n) is 2.75. The van der Waals surface area contributed by atoms with Crippen LogP contribution in [0, 0.1) is 22.7 Å². The molecule has 0 N–H and O–H groups in total. The van der Waals surface area contributed by atoms with Gasteiger partial charge < -0.3 is 0 Å². The lowest BCUT2D eigenvalue weighted by molar-refractivity contribution is 0.119. The Hall–Kier alpha value is 0. The molecule has 0 rings (SSSR count). The van der Waals surface area contributed by atoms with Gasteiger partial charge in [-0.1, -0.05) is 62.8 Å². The second-order valence-electron chi connectivity index (χ2n) is 6.98. The summed E-state index contributed by atoms with van der Waals surface area (Å²) in [7, 11) is 0. The Balaban J connectivity index is 0. The summed E-state index contributed by atoms with van der Waals surface area (Å²) < 4.78 is 0. The lowest BCUT2D eigenvalue weighted by Gasteiger charge is -2.38. The summed E-state index contributed by atoms with van der Waals surface area (Å²) in [5.74, 6) is 1.62. The molecule has 0 spiro atoms. The van der Waals surface area contributed by atoms with E-state index in [1.165, 1.54) is 6.42 Å². The first-order valence-corrected chi connectivity index (χ1v) is 5.54. The van der Waals surface area contributed by atoms with Gasteiger partial charge in [-0.2, -0.15) is 0 Å². The summed E-state index contributed by atoms with van der Waals surface area (Å²) in [4.78, 5) is 0. The lowest BCUT2D eigenvalue weighted by atomic mass is 9.67. The predicted molar refractivity (Wildman–Crippen MR) is 68.6 cm³/mol. The Morgan fingerprint density at radius 3 is 1.29 bits per heavy atom.